The smallest absolute Gasteiger partial charge is 0.227 e. The number of aliphatic hydroxyl groups is 1. The quantitative estimate of drug-likeness (QED) is 0.895. The molecule has 2 bridgehead atoms. The van der Waals surface area contributed by atoms with E-state index in [0.29, 0.717) is 5.56 Å². The third-order valence-corrected chi connectivity index (χ3v) is 6.10. The Kier molecular flexibility index (Phi) is 4.53. The molecule has 0 spiro atoms. The minimum Gasteiger partial charge on any atom is -0.396 e. The van der Waals surface area contributed by atoms with Gasteiger partial charge in [0.05, 0.1) is 13.0 Å². The molecular weight excluding hydrogens is 329 g/mol. The Morgan fingerprint density at radius 3 is 2.62 bits per heavy atom. The molecule has 0 aromatic heterocycles. The van der Waals surface area contributed by atoms with Gasteiger partial charge in [0, 0.05) is 17.5 Å². The second-order valence-electron chi connectivity index (χ2n) is 7.74. The maximum atomic E-state index is 13.4. The Labute approximate surface area is 153 Å². The molecule has 4 rings (SSSR count). The summed E-state index contributed by atoms with van der Waals surface area (Å²) in [6, 6.07) is 16.7. The minimum atomic E-state index is -0.312. The standard InChI is InChI=1S/C22H24FNO2/c23-18-8-4-7-17(11-18)12-21(26)24-19-9-10-20(24)22(14-19,15-25)13-16-5-2-1-3-6-16/h1-8,11,19-20,25H,9-10,12-15H2/t19-,20+,22-/m0/s1. The van der Waals surface area contributed by atoms with Crippen molar-refractivity contribution in [2.45, 2.75) is 44.2 Å². The number of amides is 1. The molecule has 1 N–H and O–H groups in total. The Bertz CT molecular complexity index is 794. The van der Waals surface area contributed by atoms with Gasteiger partial charge >= 0.3 is 0 Å². The molecule has 0 radical (unpaired) electrons. The molecule has 3 atom stereocenters. The maximum Gasteiger partial charge on any atom is 0.227 e. The third kappa shape index (κ3) is 3.03. The number of hydrogen-bond donors (Lipinski definition) is 1. The first-order chi connectivity index (χ1) is 12.6. The van der Waals surface area contributed by atoms with Gasteiger partial charge in [-0.2, -0.15) is 0 Å². The van der Waals surface area contributed by atoms with Crippen molar-refractivity contribution in [3.63, 3.8) is 0 Å². The molecule has 26 heavy (non-hydrogen) atoms. The highest BCUT2D eigenvalue weighted by molar-refractivity contribution is 5.80. The van der Waals surface area contributed by atoms with Crippen molar-refractivity contribution in [3.05, 3.63) is 71.5 Å². The molecule has 1 amide bonds. The number of hydrogen-bond acceptors (Lipinski definition) is 2. The van der Waals surface area contributed by atoms with Gasteiger partial charge < -0.3 is 10.0 Å². The number of aliphatic hydroxyl groups excluding tert-OH is 1. The number of fused-ring (bicyclic) bond motifs is 2. The SMILES string of the molecule is O=C(Cc1cccc(F)c1)N1[C@H]2CC[C@@H]1[C@@](CO)(Cc1ccccc1)C2. The minimum absolute atomic E-state index is 0.0477. The van der Waals surface area contributed by atoms with E-state index in [1.165, 1.54) is 17.7 Å². The Balaban J connectivity index is 1.54. The molecule has 2 heterocycles. The topological polar surface area (TPSA) is 40.5 Å². The first kappa shape index (κ1) is 17.2. The van der Waals surface area contributed by atoms with Gasteiger partial charge in [-0.3, -0.25) is 4.79 Å². The molecular formula is C22H24FNO2. The molecule has 136 valence electrons. The van der Waals surface area contributed by atoms with Crippen LogP contribution < -0.4 is 0 Å². The van der Waals surface area contributed by atoms with Crippen LogP contribution in [0.25, 0.3) is 0 Å². The monoisotopic (exact) mass is 353 g/mol. The predicted octanol–water partition coefficient (Wildman–Crippen LogP) is 3.35. The number of rotatable bonds is 5. The van der Waals surface area contributed by atoms with Gasteiger partial charge in [-0.1, -0.05) is 42.5 Å². The molecule has 0 unspecified atom stereocenters. The summed E-state index contributed by atoms with van der Waals surface area (Å²) in [5, 5.41) is 10.2. The van der Waals surface area contributed by atoms with Crippen molar-refractivity contribution in [1.29, 1.82) is 0 Å². The van der Waals surface area contributed by atoms with Crippen molar-refractivity contribution in [2.24, 2.45) is 5.41 Å². The number of carbonyl (C=O) groups excluding carboxylic acids is 1. The Morgan fingerprint density at radius 2 is 1.88 bits per heavy atom. The highest BCUT2D eigenvalue weighted by Crippen LogP contribution is 2.51. The lowest BCUT2D eigenvalue weighted by Gasteiger charge is -2.36. The third-order valence-electron chi connectivity index (χ3n) is 6.10. The zero-order valence-electron chi connectivity index (χ0n) is 14.8. The van der Waals surface area contributed by atoms with Crippen LogP contribution >= 0.6 is 0 Å². The summed E-state index contributed by atoms with van der Waals surface area (Å²) in [5.74, 6) is -0.264. The van der Waals surface area contributed by atoms with E-state index < -0.39 is 0 Å². The van der Waals surface area contributed by atoms with Crippen molar-refractivity contribution in [1.82, 2.24) is 4.90 Å². The summed E-state index contributed by atoms with van der Waals surface area (Å²) in [7, 11) is 0. The van der Waals surface area contributed by atoms with Crippen LogP contribution in [0.1, 0.15) is 30.4 Å². The molecule has 2 fully saturated rings. The second-order valence-corrected chi connectivity index (χ2v) is 7.74. The average molecular weight is 353 g/mol. The van der Waals surface area contributed by atoms with E-state index in [0.717, 1.165) is 25.7 Å². The lowest BCUT2D eigenvalue weighted by atomic mass is 9.70. The molecule has 3 nitrogen and oxygen atoms in total. The summed E-state index contributed by atoms with van der Waals surface area (Å²) >= 11 is 0. The van der Waals surface area contributed by atoms with Gasteiger partial charge in [0.15, 0.2) is 0 Å². The zero-order chi connectivity index (χ0) is 18.1. The van der Waals surface area contributed by atoms with Crippen LogP contribution in [0.4, 0.5) is 4.39 Å². The van der Waals surface area contributed by atoms with Crippen LogP contribution in [0.2, 0.25) is 0 Å². The van der Waals surface area contributed by atoms with Crippen LogP contribution in [0, 0.1) is 11.2 Å². The van der Waals surface area contributed by atoms with E-state index in [1.807, 2.05) is 23.1 Å². The largest absolute Gasteiger partial charge is 0.396 e. The maximum absolute atomic E-state index is 13.4. The van der Waals surface area contributed by atoms with Crippen molar-refractivity contribution in [3.8, 4) is 0 Å². The fraction of sp³-hybridized carbons (Fsp3) is 0.409. The van der Waals surface area contributed by atoms with Gasteiger partial charge in [0.25, 0.3) is 0 Å². The van der Waals surface area contributed by atoms with Crippen molar-refractivity contribution in [2.75, 3.05) is 6.61 Å². The summed E-state index contributed by atoms with van der Waals surface area (Å²) < 4.78 is 13.4. The van der Waals surface area contributed by atoms with Gasteiger partial charge in [0.2, 0.25) is 5.91 Å². The van der Waals surface area contributed by atoms with Crippen molar-refractivity contribution < 1.29 is 14.3 Å². The highest BCUT2D eigenvalue weighted by Gasteiger charge is 2.56. The number of halogens is 1. The van der Waals surface area contributed by atoms with Crippen LogP contribution in [0.3, 0.4) is 0 Å². The summed E-state index contributed by atoms with van der Waals surface area (Å²) in [6.07, 6.45) is 3.79. The van der Waals surface area contributed by atoms with Crippen molar-refractivity contribution >= 4 is 5.91 Å². The van der Waals surface area contributed by atoms with E-state index in [9.17, 15) is 14.3 Å². The highest BCUT2D eigenvalue weighted by atomic mass is 19.1. The first-order valence-electron chi connectivity index (χ1n) is 9.32. The van der Waals surface area contributed by atoms with E-state index >= 15 is 0 Å². The number of nitrogens with zero attached hydrogens (tertiary/aromatic N) is 1. The fourth-order valence-corrected chi connectivity index (χ4v) is 5.00. The predicted molar refractivity (Wildman–Crippen MR) is 98.0 cm³/mol. The molecule has 2 saturated heterocycles. The molecule has 2 aromatic carbocycles. The van der Waals surface area contributed by atoms with Gasteiger partial charge in [-0.25, -0.2) is 4.39 Å². The summed E-state index contributed by atoms with van der Waals surface area (Å²) in [4.78, 5) is 15.0. The second kappa shape index (κ2) is 6.84. The van der Waals surface area contributed by atoms with E-state index in [4.69, 9.17) is 0 Å². The molecule has 2 aromatic rings. The Hall–Kier alpha value is -2.20. The number of carbonyl (C=O) groups is 1. The van der Waals surface area contributed by atoms with Gasteiger partial charge in [-0.05, 0) is 48.9 Å². The molecule has 4 heteroatoms. The van der Waals surface area contributed by atoms with Gasteiger partial charge in [-0.15, -0.1) is 0 Å². The molecule has 0 aliphatic carbocycles. The lowest BCUT2D eigenvalue weighted by molar-refractivity contribution is -0.132. The molecule has 0 saturated carbocycles. The zero-order valence-corrected chi connectivity index (χ0v) is 14.8. The van der Waals surface area contributed by atoms with Crippen LogP contribution in [-0.4, -0.2) is 34.6 Å². The average Bonchev–Trinajstić information content (AvgIpc) is 3.19. The van der Waals surface area contributed by atoms with Crippen LogP contribution in [0.5, 0.6) is 0 Å². The molecule has 2 aliphatic heterocycles. The fourth-order valence-electron chi connectivity index (χ4n) is 5.00. The van der Waals surface area contributed by atoms with E-state index in [1.54, 1.807) is 12.1 Å². The van der Waals surface area contributed by atoms with Gasteiger partial charge in [0.1, 0.15) is 5.82 Å². The molecule has 2 aliphatic rings. The normalized spacial score (nSPS) is 27.1. The van der Waals surface area contributed by atoms with Crippen LogP contribution in [-0.2, 0) is 17.6 Å². The number of benzene rings is 2. The summed E-state index contributed by atoms with van der Waals surface area (Å²) in [5.41, 5.74) is 1.65. The van der Waals surface area contributed by atoms with E-state index in [-0.39, 0.29) is 42.3 Å². The summed E-state index contributed by atoms with van der Waals surface area (Å²) in [6.45, 7) is 0.0901. The van der Waals surface area contributed by atoms with Crippen LogP contribution in [0.15, 0.2) is 54.6 Å². The lowest BCUT2D eigenvalue weighted by Crippen LogP contribution is -2.44. The Morgan fingerprint density at radius 1 is 1.12 bits per heavy atom. The van der Waals surface area contributed by atoms with E-state index in [2.05, 4.69) is 12.1 Å². The first-order valence-corrected chi connectivity index (χ1v) is 9.32.